The van der Waals surface area contributed by atoms with Crippen LogP contribution in [0.3, 0.4) is 0 Å². The third-order valence-corrected chi connectivity index (χ3v) is 6.39. The maximum atomic E-state index is 12.5. The van der Waals surface area contributed by atoms with Crippen LogP contribution in [0.15, 0.2) is 29.3 Å². The summed E-state index contributed by atoms with van der Waals surface area (Å²) in [6.07, 6.45) is 2.28. The molecule has 0 spiro atoms. The number of aliphatic imine (C=N–C) groups is 1. The number of rotatable bonds is 5. The van der Waals surface area contributed by atoms with Crippen molar-refractivity contribution in [3.8, 4) is 5.75 Å². The molecule has 2 atom stereocenters. The predicted octanol–water partition coefficient (Wildman–Crippen LogP) is 3.33. The molecule has 0 saturated carbocycles. The standard InChI is InChI=1S/C24H37N5O3.HI/c1-24(2,3)32-23(30)28-13-14-29-19(17-28)15-25-22(29)26-16-21(27-11-5-6-12-27)18-7-9-20(31-4)10-8-18;/h7-10,19,21H,5-6,11-17H2,1-4H3,(H,25,26);1H. The summed E-state index contributed by atoms with van der Waals surface area (Å²) in [4.78, 5) is 23.9. The van der Waals surface area contributed by atoms with E-state index in [0.717, 1.165) is 37.9 Å². The quantitative estimate of drug-likeness (QED) is 0.548. The van der Waals surface area contributed by atoms with Gasteiger partial charge < -0.3 is 24.6 Å². The molecule has 184 valence electrons. The lowest BCUT2D eigenvalue weighted by atomic mass is 10.1. The number of likely N-dealkylation sites (tertiary alicyclic amines) is 1. The van der Waals surface area contributed by atoms with Crippen LogP contribution in [0.1, 0.15) is 45.2 Å². The van der Waals surface area contributed by atoms with Gasteiger partial charge in [-0.15, -0.1) is 24.0 Å². The van der Waals surface area contributed by atoms with Gasteiger partial charge >= 0.3 is 6.09 Å². The van der Waals surface area contributed by atoms with Crippen LogP contribution in [0.5, 0.6) is 5.75 Å². The second-order valence-electron chi connectivity index (χ2n) is 9.85. The van der Waals surface area contributed by atoms with Crippen LogP contribution in [-0.4, -0.2) is 91.3 Å². The van der Waals surface area contributed by atoms with Crippen LogP contribution in [0.4, 0.5) is 4.79 Å². The first-order valence-corrected chi connectivity index (χ1v) is 11.7. The Hall–Kier alpha value is -1.75. The summed E-state index contributed by atoms with van der Waals surface area (Å²) in [6.45, 7) is 11.6. The number of carbonyl (C=O) groups excluding carboxylic acids is 1. The summed E-state index contributed by atoms with van der Waals surface area (Å²) in [6, 6.07) is 8.93. The fourth-order valence-corrected chi connectivity index (χ4v) is 4.75. The Morgan fingerprint density at radius 2 is 1.85 bits per heavy atom. The smallest absolute Gasteiger partial charge is 0.410 e. The second-order valence-corrected chi connectivity index (χ2v) is 9.85. The molecule has 9 heteroatoms. The summed E-state index contributed by atoms with van der Waals surface area (Å²) in [5.41, 5.74) is 0.823. The number of carbonyl (C=O) groups is 1. The van der Waals surface area contributed by atoms with Gasteiger partial charge in [-0.2, -0.15) is 0 Å². The van der Waals surface area contributed by atoms with E-state index in [4.69, 9.17) is 14.5 Å². The second kappa shape index (κ2) is 11.1. The van der Waals surface area contributed by atoms with Gasteiger partial charge in [0.2, 0.25) is 0 Å². The average molecular weight is 572 g/mol. The van der Waals surface area contributed by atoms with Gasteiger partial charge in [0.25, 0.3) is 0 Å². The van der Waals surface area contributed by atoms with Crippen LogP contribution in [0, 0.1) is 0 Å². The van der Waals surface area contributed by atoms with Gasteiger partial charge in [0.05, 0.1) is 25.7 Å². The van der Waals surface area contributed by atoms with E-state index in [9.17, 15) is 4.79 Å². The number of hydrogen-bond donors (Lipinski definition) is 1. The molecule has 1 amide bonds. The molecule has 8 nitrogen and oxygen atoms in total. The highest BCUT2D eigenvalue weighted by atomic mass is 127. The van der Waals surface area contributed by atoms with E-state index >= 15 is 0 Å². The molecule has 3 aliphatic rings. The van der Waals surface area contributed by atoms with Gasteiger partial charge in [-0.05, 0) is 64.4 Å². The van der Waals surface area contributed by atoms with E-state index < -0.39 is 5.60 Å². The number of fused-ring (bicyclic) bond motifs is 1. The topological polar surface area (TPSA) is 69.6 Å². The Kier molecular flexibility index (Phi) is 8.71. The fraction of sp³-hybridized carbons (Fsp3) is 0.667. The molecule has 0 aliphatic carbocycles. The van der Waals surface area contributed by atoms with Crippen molar-refractivity contribution in [3.05, 3.63) is 29.8 Å². The number of halogens is 1. The van der Waals surface area contributed by atoms with Crippen molar-refractivity contribution in [2.45, 2.75) is 51.3 Å². The summed E-state index contributed by atoms with van der Waals surface area (Å²) in [5, 5.41) is 3.64. The van der Waals surface area contributed by atoms with Crippen LogP contribution in [0.2, 0.25) is 0 Å². The number of hydrogen-bond acceptors (Lipinski definition) is 7. The Balaban J connectivity index is 0.00000306. The zero-order chi connectivity index (χ0) is 22.7. The van der Waals surface area contributed by atoms with Crippen LogP contribution in [0.25, 0.3) is 0 Å². The molecule has 1 N–H and O–H groups in total. The maximum absolute atomic E-state index is 12.5. The molecular weight excluding hydrogens is 533 g/mol. The highest BCUT2D eigenvalue weighted by Gasteiger charge is 2.37. The monoisotopic (exact) mass is 571 g/mol. The molecule has 0 aromatic heterocycles. The zero-order valence-corrected chi connectivity index (χ0v) is 22.6. The molecule has 3 heterocycles. The summed E-state index contributed by atoms with van der Waals surface area (Å²) < 4.78 is 10.9. The van der Waals surface area contributed by atoms with Crippen LogP contribution in [-0.2, 0) is 4.74 Å². The van der Waals surface area contributed by atoms with Crippen molar-refractivity contribution in [2.24, 2.45) is 4.99 Å². The summed E-state index contributed by atoms with van der Waals surface area (Å²) in [5.74, 6) is 1.84. The predicted molar refractivity (Wildman–Crippen MR) is 141 cm³/mol. The van der Waals surface area contributed by atoms with Gasteiger partial charge in [-0.3, -0.25) is 9.89 Å². The minimum absolute atomic E-state index is 0. The Morgan fingerprint density at radius 1 is 1.15 bits per heavy atom. The number of benzene rings is 1. The van der Waals surface area contributed by atoms with E-state index in [2.05, 4.69) is 27.2 Å². The number of piperazine rings is 1. The molecular formula is C24H38IN5O3. The van der Waals surface area contributed by atoms with Gasteiger partial charge in [0.15, 0.2) is 5.96 Å². The fourth-order valence-electron chi connectivity index (χ4n) is 4.75. The average Bonchev–Trinajstić information content (AvgIpc) is 3.43. The molecule has 2 saturated heterocycles. The largest absolute Gasteiger partial charge is 0.497 e. The highest BCUT2D eigenvalue weighted by Crippen LogP contribution is 2.27. The van der Waals surface area contributed by atoms with Crippen molar-refractivity contribution in [2.75, 3.05) is 52.9 Å². The highest BCUT2D eigenvalue weighted by molar-refractivity contribution is 14.0. The normalized spacial score (nSPS) is 21.7. The van der Waals surface area contributed by atoms with Crippen molar-refractivity contribution >= 4 is 36.0 Å². The first-order valence-electron chi connectivity index (χ1n) is 11.7. The third kappa shape index (κ3) is 6.44. The zero-order valence-electron chi connectivity index (χ0n) is 20.2. The van der Waals surface area contributed by atoms with Crippen LogP contribution < -0.4 is 10.1 Å². The molecule has 1 aromatic carbocycles. The van der Waals surface area contributed by atoms with E-state index in [1.54, 1.807) is 7.11 Å². The number of guanidine groups is 1. The minimum atomic E-state index is -0.473. The maximum Gasteiger partial charge on any atom is 0.410 e. The van der Waals surface area contributed by atoms with Crippen molar-refractivity contribution < 1.29 is 14.3 Å². The van der Waals surface area contributed by atoms with Gasteiger partial charge in [0.1, 0.15) is 11.4 Å². The number of ether oxygens (including phenoxy) is 2. The molecule has 0 bridgehead atoms. The van der Waals surface area contributed by atoms with E-state index in [0.29, 0.717) is 25.7 Å². The molecule has 2 unspecified atom stereocenters. The SMILES string of the molecule is COc1ccc(C(CNC2=NCC3CN(C(=O)OC(C)(C)C)CCN23)N2CCCC2)cc1.I. The van der Waals surface area contributed by atoms with Crippen molar-refractivity contribution in [3.63, 3.8) is 0 Å². The van der Waals surface area contributed by atoms with E-state index in [1.807, 2.05) is 37.8 Å². The van der Waals surface area contributed by atoms with Crippen molar-refractivity contribution in [1.29, 1.82) is 0 Å². The molecule has 0 radical (unpaired) electrons. The lowest BCUT2D eigenvalue weighted by molar-refractivity contribution is 0.0137. The van der Waals surface area contributed by atoms with E-state index in [-0.39, 0.29) is 36.1 Å². The molecule has 2 fully saturated rings. The Bertz CT molecular complexity index is 820. The lowest BCUT2D eigenvalue weighted by Crippen LogP contribution is -2.58. The van der Waals surface area contributed by atoms with Gasteiger partial charge in [-0.1, -0.05) is 12.1 Å². The van der Waals surface area contributed by atoms with E-state index in [1.165, 1.54) is 18.4 Å². The molecule has 33 heavy (non-hydrogen) atoms. The van der Waals surface area contributed by atoms with Crippen molar-refractivity contribution in [1.82, 2.24) is 20.0 Å². The lowest BCUT2D eigenvalue weighted by Gasteiger charge is -2.39. The summed E-state index contributed by atoms with van der Waals surface area (Å²) >= 11 is 0. The minimum Gasteiger partial charge on any atom is -0.497 e. The number of amides is 1. The molecule has 1 aromatic rings. The Morgan fingerprint density at radius 3 is 2.48 bits per heavy atom. The Labute approximate surface area is 214 Å². The number of methoxy groups -OCH3 is 1. The third-order valence-electron chi connectivity index (χ3n) is 6.39. The number of nitrogens with one attached hydrogen (secondary N) is 1. The summed E-state index contributed by atoms with van der Waals surface area (Å²) in [7, 11) is 1.70. The van der Waals surface area contributed by atoms with Gasteiger partial charge in [-0.25, -0.2) is 4.79 Å². The van der Waals surface area contributed by atoms with Crippen LogP contribution >= 0.6 is 24.0 Å². The first-order chi connectivity index (χ1) is 15.3. The number of nitrogens with zero attached hydrogens (tertiary/aromatic N) is 4. The molecule has 4 rings (SSSR count). The molecule has 3 aliphatic heterocycles. The first kappa shape index (κ1) is 25.9. The van der Waals surface area contributed by atoms with Gasteiger partial charge in [0, 0.05) is 26.2 Å².